The Labute approximate surface area is 140 Å². The standard InChI is InChI=1S/C16H19ClN2S2/c1-12-6-8-18(9-7-12)11-19-15(10-21-16(19)20)13-2-4-14(17)5-3-13/h2-5,10,12H,6-9,11H2,1H3. The molecule has 0 N–H and O–H groups in total. The van der Waals surface area contributed by atoms with Crippen molar-refractivity contribution in [3.05, 3.63) is 38.6 Å². The van der Waals surface area contributed by atoms with Crippen LogP contribution in [0.4, 0.5) is 0 Å². The lowest BCUT2D eigenvalue weighted by Crippen LogP contribution is -2.34. The summed E-state index contributed by atoms with van der Waals surface area (Å²) in [6.45, 7) is 5.57. The minimum Gasteiger partial charge on any atom is -0.309 e. The molecule has 0 spiro atoms. The fraction of sp³-hybridized carbons (Fsp3) is 0.438. The van der Waals surface area contributed by atoms with Gasteiger partial charge in [-0.15, -0.1) is 11.3 Å². The third-order valence-electron chi connectivity index (χ3n) is 4.14. The van der Waals surface area contributed by atoms with E-state index in [1.807, 2.05) is 12.1 Å². The van der Waals surface area contributed by atoms with Gasteiger partial charge in [-0.25, -0.2) is 0 Å². The van der Waals surface area contributed by atoms with E-state index in [-0.39, 0.29) is 0 Å². The van der Waals surface area contributed by atoms with Crippen LogP contribution in [0.5, 0.6) is 0 Å². The van der Waals surface area contributed by atoms with Crippen molar-refractivity contribution in [3.8, 4) is 11.3 Å². The van der Waals surface area contributed by atoms with E-state index in [1.54, 1.807) is 11.3 Å². The zero-order valence-corrected chi connectivity index (χ0v) is 14.5. The van der Waals surface area contributed by atoms with Crippen LogP contribution in [0.2, 0.25) is 5.02 Å². The number of rotatable bonds is 3. The molecule has 1 aromatic heterocycles. The molecule has 1 saturated heterocycles. The smallest absolute Gasteiger partial charge is 0.162 e. The Bertz CT molecular complexity index is 652. The summed E-state index contributed by atoms with van der Waals surface area (Å²) in [6.07, 6.45) is 2.57. The third kappa shape index (κ3) is 3.57. The van der Waals surface area contributed by atoms with Crippen LogP contribution >= 0.6 is 35.2 Å². The summed E-state index contributed by atoms with van der Waals surface area (Å²) >= 11 is 13.1. The average molecular weight is 339 g/mol. The Kier molecular flexibility index (Phi) is 4.79. The number of hydrogen-bond donors (Lipinski definition) is 0. The molecule has 0 saturated carbocycles. The molecule has 0 unspecified atom stereocenters. The van der Waals surface area contributed by atoms with Crippen molar-refractivity contribution in [3.63, 3.8) is 0 Å². The lowest BCUT2D eigenvalue weighted by Gasteiger charge is -2.30. The Morgan fingerprint density at radius 1 is 1.24 bits per heavy atom. The van der Waals surface area contributed by atoms with Gasteiger partial charge >= 0.3 is 0 Å². The third-order valence-corrected chi connectivity index (χ3v) is 5.66. The number of piperidine rings is 1. The van der Waals surface area contributed by atoms with Gasteiger partial charge in [0.25, 0.3) is 0 Å². The molecule has 0 amide bonds. The highest BCUT2D eigenvalue weighted by molar-refractivity contribution is 7.73. The van der Waals surface area contributed by atoms with E-state index in [9.17, 15) is 0 Å². The number of thiazole rings is 1. The van der Waals surface area contributed by atoms with Gasteiger partial charge in [-0.05, 0) is 48.7 Å². The maximum atomic E-state index is 5.98. The van der Waals surface area contributed by atoms with Gasteiger partial charge in [0, 0.05) is 23.5 Å². The first-order valence-corrected chi connectivity index (χ1v) is 8.96. The fourth-order valence-electron chi connectivity index (χ4n) is 2.71. The monoisotopic (exact) mass is 338 g/mol. The maximum absolute atomic E-state index is 5.98. The molecule has 21 heavy (non-hydrogen) atoms. The largest absolute Gasteiger partial charge is 0.309 e. The molecular formula is C16H19ClN2S2. The molecule has 5 heteroatoms. The summed E-state index contributed by atoms with van der Waals surface area (Å²) in [7, 11) is 0. The van der Waals surface area contributed by atoms with Crippen LogP contribution in [-0.4, -0.2) is 22.6 Å². The second-order valence-corrected chi connectivity index (χ2v) is 7.70. The van der Waals surface area contributed by atoms with E-state index in [4.69, 9.17) is 23.8 Å². The minimum absolute atomic E-state index is 0.768. The first-order chi connectivity index (χ1) is 10.1. The Balaban J connectivity index is 1.84. The summed E-state index contributed by atoms with van der Waals surface area (Å²) in [6, 6.07) is 8.00. The summed E-state index contributed by atoms with van der Waals surface area (Å²) < 4.78 is 3.19. The molecule has 1 aliphatic rings. The zero-order valence-electron chi connectivity index (χ0n) is 12.1. The van der Waals surface area contributed by atoms with Crippen LogP contribution in [-0.2, 0) is 6.67 Å². The summed E-state index contributed by atoms with van der Waals surface area (Å²) in [5, 5.41) is 2.92. The molecule has 2 nitrogen and oxygen atoms in total. The van der Waals surface area contributed by atoms with Gasteiger partial charge in [-0.3, -0.25) is 4.90 Å². The van der Waals surface area contributed by atoms with E-state index in [0.29, 0.717) is 0 Å². The lowest BCUT2D eigenvalue weighted by atomic mass is 10.00. The molecule has 1 fully saturated rings. The molecule has 0 aliphatic carbocycles. The van der Waals surface area contributed by atoms with Gasteiger partial charge in [0.1, 0.15) is 0 Å². The molecule has 1 aliphatic heterocycles. The van der Waals surface area contributed by atoms with E-state index >= 15 is 0 Å². The quantitative estimate of drug-likeness (QED) is 0.703. The number of likely N-dealkylation sites (tertiary alicyclic amines) is 1. The molecule has 0 atom stereocenters. The summed E-state index contributed by atoms with van der Waals surface area (Å²) in [5.41, 5.74) is 2.37. The number of hydrogen-bond acceptors (Lipinski definition) is 3. The number of nitrogens with zero attached hydrogens (tertiary/aromatic N) is 2. The van der Waals surface area contributed by atoms with Gasteiger partial charge in [-0.2, -0.15) is 0 Å². The normalized spacial score (nSPS) is 17.2. The maximum Gasteiger partial charge on any atom is 0.162 e. The second kappa shape index (κ2) is 6.61. The van der Waals surface area contributed by atoms with Crippen molar-refractivity contribution in [2.75, 3.05) is 13.1 Å². The number of benzene rings is 1. The summed E-state index contributed by atoms with van der Waals surface area (Å²) in [5.74, 6) is 0.854. The first kappa shape index (κ1) is 15.2. The van der Waals surface area contributed by atoms with E-state index in [1.165, 1.54) is 37.2 Å². The van der Waals surface area contributed by atoms with E-state index < -0.39 is 0 Å². The first-order valence-electron chi connectivity index (χ1n) is 7.30. The predicted octanol–water partition coefficient (Wildman–Crippen LogP) is 5.29. The lowest BCUT2D eigenvalue weighted by molar-refractivity contribution is 0.154. The topological polar surface area (TPSA) is 8.17 Å². The molecule has 3 rings (SSSR count). The molecule has 0 bridgehead atoms. The number of aromatic nitrogens is 1. The van der Waals surface area contributed by atoms with Crippen molar-refractivity contribution in [2.24, 2.45) is 5.92 Å². The zero-order chi connectivity index (χ0) is 14.8. The van der Waals surface area contributed by atoms with Crippen LogP contribution in [0.15, 0.2) is 29.6 Å². The SMILES string of the molecule is CC1CCN(Cn2c(-c3ccc(Cl)cc3)csc2=S)CC1. The van der Waals surface area contributed by atoms with Gasteiger partial charge < -0.3 is 4.57 Å². The van der Waals surface area contributed by atoms with Crippen LogP contribution in [0.25, 0.3) is 11.3 Å². The highest BCUT2D eigenvalue weighted by atomic mass is 35.5. The molecule has 112 valence electrons. The second-order valence-electron chi connectivity index (χ2n) is 5.76. The van der Waals surface area contributed by atoms with Crippen molar-refractivity contribution < 1.29 is 0 Å². The van der Waals surface area contributed by atoms with Crippen molar-refractivity contribution >= 4 is 35.2 Å². The molecule has 2 aromatic rings. The highest BCUT2D eigenvalue weighted by Crippen LogP contribution is 2.26. The minimum atomic E-state index is 0.768. The van der Waals surface area contributed by atoms with E-state index in [2.05, 4.69) is 33.9 Å². The van der Waals surface area contributed by atoms with Crippen molar-refractivity contribution in [1.29, 1.82) is 0 Å². The Hall–Kier alpha value is -0.680. The molecule has 0 radical (unpaired) electrons. The molecular weight excluding hydrogens is 320 g/mol. The summed E-state index contributed by atoms with van der Waals surface area (Å²) in [4.78, 5) is 2.50. The van der Waals surface area contributed by atoms with Gasteiger partial charge in [0.15, 0.2) is 3.95 Å². The molecule has 2 heterocycles. The predicted molar refractivity (Wildman–Crippen MR) is 93.6 cm³/mol. The van der Waals surface area contributed by atoms with Crippen LogP contribution in [0, 0.1) is 9.87 Å². The van der Waals surface area contributed by atoms with Crippen LogP contribution in [0.1, 0.15) is 19.8 Å². The van der Waals surface area contributed by atoms with Gasteiger partial charge in [0.2, 0.25) is 0 Å². The van der Waals surface area contributed by atoms with Gasteiger partial charge in [0.05, 0.1) is 12.4 Å². The average Bonchev–Trinajstić information content (AvgIpc) is 2.84. The van der Waals surface area contributed by atoms with Gasteiger partial charge in [-0.1, -0.05) is 30.7 Å². The van der Waals surface area contributed by atoms with E-state index in [0.717, 1.165) is 21.6 Å². The fourth-order valence-corrected chi connectivity index (χ4v) is 3.90. The molecule has 1 aromatic carbocycles. The Morgan fingerprint density at radius 3 is 2.57 bits per heavy atom. The van der Waals surface area contributed by atoms with Crippen molar-refractivity contribution in [1.82, 2.24) is 9.47 Å². The van der Waals surface area contributed by atoms with Crippen molar-refractivity contribution in [2.45, 2.75) is 26.4 Å². The van der Waals surface area contributed by atoms with Crippen LogP contribution < -0.4 is 0 Å². The number of halogens is 1. The Morgan fingerprint density at radius 2 is 1.90 bits per heavy atom. The van der Waals surface area contributed by atoms with Crippen LogP contribution in [0.3, 0.4) is 0 Å². The highest BCUT2D eigenvalue weighted by Gasteiger charge is 2.17.